The minimum Gasteiger partial charge on any atom is -0.411 e. The van der Waals surface area contributed by atoms with Crippen molar-refractivity contribution in [1.82, 2.24) is 9.78 Å². The monoisotopic (exact) mass is 167 g/mol. The fourth-order valence-electron chi connectivity index (χ4n) is 1.01. The second kappa shape index (κ2) is 3.38. The molecule has 66 valence electrons. The maximum atomic E-state index is 8.46. The van der Waals surface area contributed by atoms with Gasteiger partial charge in [0.2, 0.25) is 0 Å². The highest BCUT2D eigenvalue weighted by Gasteiger charge is 2.22. The first-order valence-electron chi connectivity index (χ1n) is 3.91. The maximum absolute atomic E-state index is 8.46. The van der Waals surface area contributed by atoms with Crippen molar-refractivity contribution < 1.29 is 5.21 Å². The number of rotatable bonds is 3. The van der Waals surface area contributed by atoms with E-state index >= 15 is 0 Å². The zero-order chi connectivity index (χ0) is 9.03. The molecule has 1 aromatic heterocycles. The molecular formula is C8H13N3O. The van der Waals surface area contributed by atoms with E-state index in [2.05, 4.69) is 10.3 Å². The lowest BCUT2D eigenvalue weighted by atomic mass is 10.0. The van der Waals surface area contributed by atoms with Crippen LogP contribution in [0.25, 0.3) is 0 Å². The quantitative estimate of drug-likeness (QED) is 0.421. The third kappa shape index (κ3) is 1.47. The van der Waals surface area contributed by atoms with E-state index in [9.17, 15) is 0 Å². The van der Waals surface area contributed by atoms with Gasteiger partial charge in [0.1, 0.15) is 0 Å². The van der Waals surface area contributed by atoms with Crippen LogP contribution in [0.2, 0.25) is 0 Å². The van der Waals surface area contributed by atoms with Gasteiger partial charge in [0.15, 0.2) is 0 Å². The Hall–Kier alpha value is -1.32. The zero-order valence-corrected chi connectivity index (χ0v) is 7.31. The van der Waals surface area contributed by atoms with Crippen molar-refractivity contribution >= 4 is 6.21 Å². The lowest BCUT2D eigenvalue weighted by molar-refractivity contribution is 0.305. The van der Waals surface area contributed by atoms with E-state index in [4.69, 9.17) is 5.21 Å². The summed E-state index contributed by atoms with van der Waals surface area (Å²) in [7, 11) is 0. The van der Waals surface area contributed by atoms with Crippen LogP contribution in [-0.4, -0.2) is 21.2 Å². The Morgan fingerprint density at radius 1 is 1.75 bits per heavy atom. The third-order valence-electron chi connectivity index (χ3n) is 2.08. The molecule has 4 heteroatoms. The Labute approximate surface area is 71.5 Å². The molecule has 0 saturated carbocycles. The van der Waals surface area contributed by atoms with Crippen LogP contribution < -0.4 is 0 Å². The standard InChI is InChI=1S/C8H13N3O/c1-3-8(2,7-10-12)11-6-4-5-9-11/h4-7,12H,3H2,1-2H3. The number of nitrogens with zero attached hydrogens (tertiary/aromatic N) is 3. The molecule has 1 unspecified atom stereocenters. The highest BCUT2D eigenvalue weighted by Crippen LogP contribution is 2.15. The zero-order valence-electron chi connectivity index (χ0n) is 7.31. The molecule has 0 aromatic carbocycles. The Balaban J connectivity index is 2.95. The highest BCUT2D eigenvalue weighted by molar-refractivity contribution is 5.66. The number of hydrogen-bond donors (Lipinski definition) is 1. The molecule has 0 saturated heterocycles. The van der Waals surface area contributed by atoms with Crippen LogP contribution in [0.3, 0.4) is 0 Å². The number of oxime groups is 1. The van der Waals surface area contributed by atoms with Gasteiger partial charge < -0.3 is 5.21 Å². The van der Waals surface area contributed by atoms with Crippen LogP contribution in [0.4, 0.5) is 0 Å². The molecule has 1 heterocycles. The van der Waals surface area contributed by atoms with Gasteiger partial charge in [-0.3, -0.25) is 4.68 Å². The summed E-state index contributed by atoms with van der Waals surface area (Å²) in [6.45, 7) is 3.98. The van der Waals surface area contributed by atoms with Gasteiger partial charge in [-0.15, -0.1) is 0 Å². The normalized spacial score (nSPS) is 16.5. The van der Waals surface area contributed by atoms with E-state index in [1.54, 1.807) is 10.9 Å². The van der Waals surface area contributed by atoms with E-state index < -0.39 is 0 Å². The molecule has 0 aliphatic rings. The molecule has 0 radical (unpaired) electrons. The van der Waals surface area contributed by atoms with Crippen molar-refractivity contribution in [2.45, 2.75) is 25.8 Å². The highest BCUT2D eigenvalue weighted by atomic mass is 16.4. The predicted molar refractivity (Wildman–Crippen MR) is 46.4 cm³/mol. The van der Waals surface area contributed by atoms with Gasteiger partial charge in [0.05, 0.1) is 11.8 Å². The van der Waals surface area contributed by atoms with Gasteiger partial charge in [-0.2, -0.15) is 5.10 Å². The van der Waals surface area contributed by atoms with Crippen molar-refractivity contribution in [1.29, 1.82) is 0 Å². The first kappa shape index (κ1) is 8.77. The summed E-state index contributed by atoms with van der Waals surface area (Å²) < 4.78 is 1.77. The predicted octanol–water partition coefficient (Wildman–Crippen LogP) is 1.47. The molecule has 0 fully saturated rings. The van der Waals surface area contributed by atoms with Gasteiger partial charge in [-0.05, 0) is 19.4 Å². The van der Waals surface area contributed by atoms with Crippen LogP contribution in [0.15, 0.2) is 23.6 Å². The minimum absolute atomic E-state index is 0.321. The van der Waals surface area contributed by atoms with Crippen molar-refractivity contribution in [3.63, 3.8) is 0 Å². The lowest BCUT2D eigenvalue weighted by Gasteiger charge is -2.22. The van der Waals surface area contributed by atoms with Crippen LogP contribution in [0.5, 0.6) is 0 Å². The van der Waals surface area contributed by atoms with E-state index in [0.29, 0.717) is 0 Å². The van der Waals surface area contributed by atoms with Crippen LogP contribution in [0, 0.1) is 0 Å². The van der Waals surface area contributed by atoms with Crippen molar-refractivity contribution in [2.24, 2.45) is 5.16 Å². The Morgan fingerprint density at radius 3 is 2.92 bits per heavy atom. The van der Waals surface area contributed by atoms with E-state index in [1.165, 1.54) is 6.21 Å². The Morgan fingerprint density at radius 2 is 2.50 bits per heavy atom. The van der Waals surface area contributed by atoms with Gasteiger partial charge in [-0.1, -0.05) is 12.1 Å². The van der Waals surface area contributed by atoms with E-state index in [0.717, 1.165) is 6.42 Å². The molecule has 1 atom stereocenters. The Kier molecular flexibility index (Phi) is 2.47. The molecule has 12 heavy (non-hydrogen) atoms. The fraction of sp³-hybridized carbons (Fsp3) is 0.500. The van der Waals surface area contributed by atoms with Crippen LogP contribution in [-0.2, 0) is 5.54 Å². The van der Waals surface area contributed by atoms with Gasteiger partial charge >= 0.3 is 0 Å². The summed E-state index contributed by atoms with van der Waals surface area (Å²) in [4.78, 5) is 0. The topological polar surface area (TPSA) is 50.4 Å². The molecule has 1 rings (SSSR count). The van der Waals surface area contributed by atoms with Crippen molar-refractivity contribution in [2.75, 3.05) is 0 Å². The van der Waals surface area contributed by atoms with Crippen molar-refractivity contribution in [3.8, 4) is 0 Å². The molecular weight excluding hydrogens is 154 g/mol. The smallest absolute Gasteiger partial charge is 0.0979 e. The summed E-state index contributed by atoms with van der Waals surface area (Å²) in [5.74, 6) is 0. The first-order valence-corrected chi connectivity index (χ1v) is 3.91. The minimum atomic E-state index is -0.321. The SMILES string of the molecule is CCC(C)(C=NO)n1cccn1. The summed E-state index contributed by atoms with van der Waals surface area (Å²) in [6, 6.07) is 1.85. The first-order chi connectivity index (χ1) is 5.73. The summed E-state index contributed by atoms with van der Waals surface area (Å²) in [5, 5.41) is 15.6. The molecule has 0 aliphatic heterocycles. The lowest BCUT2D eigenvalue weighted by Crippen LogP contribution is -2.31. The molecule has 0 aliphatic carbocycles. The molecule has 1 aromatic rings. The van der Waals surface area contributed by atoms with Gasteiger partial charge in [0.25, 0.3) is 0 Å². The van der Waals surface area contributed by atoms with Gasteiger partial charge in [-0.25, -0.2) is 0 Å². The molecule has 0 spiro atoms. The average molecular weight is 167 g/mol. The molecule has 1 N–H and O–H groups in total. The second-order valence-electron chi connectivity index (χ2n) is 2.91. The van der Waals surface area contributed by atoms with Crippen molar-refractivity contribution in [3.05, 3.63) is 18.5 Å². The summed E-state index contributed by atoms with van der Waals surface area (Å²) in [5.41, 5.74) is -0.321. The maximum Gasteiger partial charge on any atom is 0.0979 e. The van der Waals surface area contributed by atoms with E-state index in [1.807, 2.05) is 26.1 Å². The number of hydrogen-bond acceptors (Lipinski definition) is 3. The van der Waals surface area contributed by atoms with Crippen LogP contribution >= 0.6 is 0 Å². The third-order valence-corrected chi connectivity index (χ3v) is 2.08. The average Bonchev–Trinajstić information content (AvgIpc) is 2.57. The summed E-state index contributed by atoms with van der Waals surface area (Å²) in [6.07, 6.45) is 5.88. The fourth-order valence-corrected chi connectivity index (χ4v) is 1.01. The largest absolute Gasteiger partial charge is 0.411 e. The molecule has 0 bridgehead atoms. The molecule has 0 amide bonds. The second-order valence-corrected chi connectivity index (χ2v) is 2.91. The van der Waals surface area contributed by atoms with Crippen LogP contribution in [0.1, 0.15) is 20.3 Å². The van der Waals surface area contributed by atoms with E-state index in [-0.39, 0.29) is 5.54 Å². The summed E-state index contributed by atoms with van der Waals surface area (Å²) >= 11 is 0. The Bertz CT molecular complexity index is 255. The molecule has 4 nitrogen and oxygen atoms in total. The number of aromatic nitrogens is 2. The van der Waals surface area contributed by atoms with Gasteiger partial charge in [0, 0.05) is 12.4 Å².